The first-order chi connectivity index (χ1) is 8.28. The van der Waals surface area contributed by atoms with Gasteiger partial charge in [-0.05, 0) is 44.9 Å². The summed E-state index contributed by atoms with van der Waals surface area (Å²) in [4.78, 5) is 13.4. The van der Waals surface area contributed by atoms with Gasteiger partial charge in [-0.25, -0.2) is 0 Å². The summed E-state index contributed by atoms with van der Waals surface area (Å²) in [5.74, 6) is 0.737. The first-order valence-electron chi connectivity index (χ1n) is 6.14. The van der Waals surface area contributed by atoms with Gasteiger partial charge in [0.25, 0.3) is 5.91 Å². The zero-order valence-electron chi connectivity index (χ0n) is 11.4. The number of likely N-dealkylation sites (N-methyl/N-ethyl adjacent to an activating group) is 1. The molecule has 98 valence electrons. The average Bonchev–Trinajstić information content (AvgIpc) is 2.23. The van der Waals surface area contributed by atoms with E-state index in [4.69, 9.17) is 10.5 Å². The van der Waals surface area contributed by atoms with E-state index in [0.29, 0.717) is 0 Å². The monoisotopic (exact) mass is 248 g/mol. The van der Waals surface area contributed by atoms with E-state index in [2.05, 4.69) is 0 Å². The highest BCUT2D eigenvalue weighted by atomic mass is 16.5. The molecule has 18 heavy (non-hydrogen) atoms. The van der Waals surface area contributed by atoms with Crippen molar-refractivity contribution in [3.8, 4) is 5.75 Å². The molecule has 1 aromatic rings. The smallest absolute Gasteiger partial charge is 0.267 e. The summed E-state index contributed by atoms with van der Waals surface area (Å²) in [7, 11) is 1.77. The molecule has 1 heterocycles. The van der Waals surface area contributed by atoms with Crippen LogP contribution in [0.4, 0.5) is 5.69 Å². The Morgan fingerprint density at radius 1 is 1.44 bits per heavy atom. The Kier molecular flexibility index (Phi) is 3.07. The van der Waals surface area contributed by atoms with Crippen LogP contribution in [0, 0.1) is 0 Å². The highest BCUT2D eigenvalue weighted by Crippen LogP contribution is 2.34. The molecule has 0 bridgehead atoms. The Hall–Kier alpha value is -1.55. The quantitative estimate of drug-likeness (QED) is 0.867. The van der Waals surface area contributed by atoms with Gasteiger partial charge in [-0.2, -0.15) is 0 Å². The minimum atomic E-state index is -0.427. The second-order valence-corrected chi connectivity index (χ2v) is 5.62. The summed E-state index contributed by atoms with van der Waals surface area (Å²) < 4.78 is 5.64. The molecular weight excluding hydrogens is 228 g/mol. The molecule has 2 N–H and O–H groups in total. The molecule has 0 aliphatic carbocycles. The van der Waals surface area contributed by atoms with Gasteiger partial charge >= 0.3 is 0 Å². The first-order valence-corrected chi connectivity index (χ1v) is 6.14. The number of ether oxygens (including phenoxy) is 1. The van der Waals surface area contributed by atoms with E-state index in [9.17, 15) is 4.79 Å². The molecule has 2 rings (SSSR count). The molecule has 0 saturated carbocycles. The Morgan fingerprint density at radius 2 is 2.11 bits per heavy atom. The number of hydrogen-bond donors (Lipinski definition) is 1. The number of benzene rings is 1. The Morgan fingerprint density at radius 3 is 2.72 bits per heavy atom. The Labute approximate surface area is 108 Å². The summed E-state index contributed by atoms with van der Waals surface area (Å²) >= 11 is 0. The van der Waals surface area contributed by atoms with Crippen molar-refractivity contribution in [3.05, 3.63) is 23.8 Å². The van der Waals surface area contributed by atoms with E-state index >= 15 is 0 Å². The number of carbonyl (C=O) groups is 1. The number of rotatable bonds is 2. The molecule has 0 aromatic heterocycles. The van der Waals surface area contributed by atoms with Crippen LogP contribution in [0.15, 0.2) is 18.2 Å². The molecule has 1 aliphatic rings. The van der Waals surface area contributed by atoms with Crippen molar-refractivity contribution in [3.63, 3.8) is 0 Å². The lowest BCUT2D eigenvalue weighted by Gasteiger charge is -2.31. The van der Waals surface area contributed by atoms with Crippen molar-refractivity contribution >= 4 is 11.6 Å². The zero-order chi connectivity index (χ0) is 13.5. The molecule has 1 unspecified atom stereocenters. The lowest BCUT2D eigenvalue weighted by atomic mass is 9.95. The predicted molar refractivity (Wildman–Crippen MR) is 71.9 cm³/mol. The normalized spacial score (nSPS) is 19.5. The lowest BCUT2D eigenvalue weighted by Crippen LogP contribution is -2.42. The zero-order valence-corrected chi connectivity index (χ0v) is 11.4. The molecule has 0 spiro atoms. The van der Waals surface area contributed by atoms with E-state index in [1.807, 2.05) is 32.0 Å². The maximum absolute atomic E-state index is 11.8. The molecule has 1 atom stereocenters. The van der Waals surface area contributed by atoms with Gasteiger partial charge < -0.3 is 15.4 Å². The summed E-state index contributed by atoms with van der Waals surface area (Å²) in [6.07, 6.45) is 0.346. The predicted octanol–water partition coefficient (Wildman–Crippen LogP) is 1.71. The van der Waals surface area contributed by atoms with Crippen molar-refractivity contribution < 1.29 is 9.53 Å². The topological polar surface area (TPSA) is 55.6 Å². The van der Waals surface area contributed by atoms with Crippen molar-refractivity contribution in [2.45, 2.75) is 38.8 Å². The first kappa shape index (κ1) is 12.9. The lowest BCUT2D eigenvalue weighted by molar-refractivity contribution is -0.125. The van der Waals surface area contributed by atoms with Crippen molar-refractivity contribution in [2.24, 2.45) is 5.73 Å². The van der Waals surface area contributed by atoms with Crippen molar-refractivity contribution in [1.29, 1.82) is 0 Å². The van der Waals surface area contributed by atoms with Crippen LogP contribution in [0.25, 0.3) is 0 Å². The molecular formula is C14H20N2O2. The average molecular weight is 248 g/mol. The van der Waals surface area contributed by atoms with Gasteiger partial charge in [0, 0.05) is 12.6 Å². The number of fused-ring (bicyclic) bond motifs is 1. The number of nitrogens with zero attached hydrogens (tertiary/aromatic N) is 1. The van der Waals surface area contributed by atoms with Gasteiger partial charge in [0.1, 0.15) is 5.75 Å². The van der Waals surface area contributed by atoms with E-state index in [1.54, 1.807) is 18.9 Å². The second-order valence-electron chi connectivity index (χ2n) is 5.62. The summed E-state index contributed by atoms with van der Waals surface area (Å²) in [6, 6.07) is 5.89. The largest absolute Gasteiger partial charge is 0.479 e. The maximum Gasteiger partial charge on any atom is 0.267 e. The van der Waals surface area contributed by atoms with Crippen LogP contribution in [-0.4, -0.2) is 24.6 Å². The van der Waals surface area contributed by atoms with Gasteiger partial charge in [0.15, 0.2) is 6.10 Å². The van der Waals surface area contributed by atoms with E-state index in [-0.39, 0.29) is 11.4 Å². The molecule has 0 radical (unpaired) electrons. The van der Waals surface area contributed by atoms with Crippen LogP contribution in [0.1, 0.15) is 26.3 Å². The maximum atomic E-state index is 11.8. The Bertz CT molecular complexity index is 477. The highest BCUT2D eigenvalue weighted by molar-refractivity contribution is 5.99. The minimum absolute atomic E-state index is 0.0191. The van der Waals surface area contributed by atoms with Gasteiger partial charge in [0.05, 0.1) is 5.69 Å². The third kappa shape index (κ3) is 2.48. The fraction of sp³-hybridized carbons (Fsp3) is 0.500. The van der Waals surface area contributed by atoms with E-state index in [0.717, 1.165) is 23.4 Å². The SMILES string of the molecule is CC1Oc2cc(CC(C)(C)N)ccc2N(C)C1=O. The number of anilines is 1. The van der Waals surface area contributed by atoms with Crippen molar-refractivity contribution in [2.75, 3.05) is 11.9 Å². The molecule has 4 heteroatoms. The van der Waals surface area contributed by atoms with Crippen LogP contribution < -0.4 is 15.4 Å². The van der Waals surface area contributed by atoms with Gasteiger partial charge in [-0.15, -0.1) is 0 Å². The van der Waals surface area contributed by atoms with Gasteiger partial charge in [-0.1, -0.05) is 6.07 Å². The van der Waals surface area contributed by atoms with Crippen LogP contribution >= 0.6 is 0 Å². The van der Waals surface area contributed by atoms with Crippen LogP contribution in [0.3, 0.4) is 0 Å². The fourth-order valence-corrected chi connectivity index (χ4v) is 2.20. The van der Waals surface area contributed by atoms with Gasteiger partial charge in [0.2, 0.25) is 0 Å². The minimum Gasteiger partial charge on any atom is -0.479 e. The molecule has 0 saturated heterocycles. The van der Waals surface area contributed by atoms with E-state index < -0.39 is 6.10 Å². The molecule has 1 aliphatic heterocycles. The number of nitrogens with two attached hydrogens (primary N) is 1. The number of carbonyl (C=O) groups excluding carboxylic acids is 1. The fourth-order valence-electron chi connectivity index (χ4n) is 2.20. The van der Waals surface area contributed by atoms with Crippen molar-refractivity contribution in [1.82, 2.24) is 0 Å². The Balaban J connectivity index is 2.33. The third-order valence-corrected chi connectivity index (χ3v) is 3.03. The third-order valence-electron chi connectivity index (χ3n) is 3.03. The molecule has 1 amide bonds. The van der Waals surface area contributed by atoms with Crippen LogP contribution in [-0.2, 0) is 11.2 Å². The molecule has 1 aromatic carbocycles. The summed E-state index contributed by atoms with van der Waals surface area (Å²) in [6.45, 7) is 5.75. The van der Waals surface area contributed by atoms with E-state index in [1.165, 1.54) is 0 Å². The molecule has 4 nitrogen and oxygen atoms in total. The standard InChI is InChI=1S/C14H20N2O2/c1-9-13(17)16(4)11-6-5-10(7-12(11)18-9)8-14(2,3)15/h5-7,9H,8,15H2,1-4H3. The second kappa shape index (κ2) is 4.28. The highest BCUT2D eigenvalue weighted by Gasteiger charge is 2.29. The number of amides is 1. The number of hydrogen-bond acceptors (Lipinski definition) is 3. The van der Waals surface area contributed by atoms with Crippen LogP contribution in [0.2, 0.25) is 0 Å². The van der Waals surface area contributed by atoms with Gasteiger partial charge in [-0.3, -0.25) is 4.79 Å². The summed E-state index contributed by atoms with van der Waals surface area (Å²) in [5, 5.41) is 0. The summed E-state index contributed by atoms with van der Waals surface area (Å²) in [5.41, 5.74) is 7.70. The van der Waals surface area contributed by atoms with Crippen LogP contribution in [0.5, 0.6) is 5.75 Å². The molecule has 0 fully saturated rings.